The molecule has 0 saturated carbocycles. The molecular weight excluding hydrogens is 232 g/mol. The van der Waals surface area contributed by atoms with Crippen LogP contribution in [0.2, 0.25) is 0 Å². The molecule has 0 aliphatic rings. The second-order valence-electron chi connectivity index (χ2n) is 1.92. The highest BCUT2D eigenvalue weighted by molar-refractivity contribution is 9.10. The maximum atomic E-state index is 10.9. The predicted octanol–water partition coefficient (Wildman–Crippen LogP) is 0.643. The summed E-state index contributed by atoms with van der Waals surface area (Å²) in [5.41, 5.74) is 0. The van der Waals surface area contributed by atoms with Gasteiger partial charge < -0.3 is 0 Å². The molecule has 0 fully saturated rings. The van der Waals surface area contributed by atoms with Crippen LogP contribution in [0.3, 0.4) is 0 Å². The van der Waals surface area contributed by atoms with Crippen molar-refractivity contribution in [2.45, 2.75) is 5.03 Å². The number of hydrogen-bond acceptors (Lipinski definition) is 4. The summed E-state index contributed by atoms with van der Waals surface area (Å²) in [5, 5.41) is -0.0278. The zero-order chi connectivity index (χ0) is 8.48. The lowest BCUT2D eigenvalue weighted by Gasteiger charge is -1.96. The van der Waals surface area contributed by atoms with Crippen molar-refractivity contribution in [3.8, 4) is 0 Å². The summed E-state index contributed by atoms with van der Waals surface area (Å²) < 4.78 is 22.1. The van der Waals surface area contributed by atoms with Crippen molar-refractivity contribution < 1.29 is 8.42 Å². The van der Waals surface area contributed by atoms with Gasteiger partial charge in [0.25, 0.3) is 0 Å². The van der Waals surface area contributed by atoms with Gasteiger partial charge in [0.05, 0.1) is 0 Å². The third-order valence-corrected chi connectivity index (χ3v) is 2.82. The fraction of sp³-hybridized carbons (Fsp3) is 0.200. The molecule has 1 aromatic heterocycles. The van der Waals surface area contributed by atoms with Crippen LogP contribution in [0.5, 0.6) is 0 Å². The van der Waals surface area contributed by atoms with Gasteiger partial charge in [0.1, 0.15) is 4.60 Å². The molecule has 1 rings (SSSR count). The first-order chi connectivity index (χ1) is 5.02. The Balaban J connectivity index is 3.37. The Morgan fingerprint density at radius 2 is 1.91 bits per heavy atom. The molecule has 0 N–H and O–H groups in total. The van der Waals surface area contributed by atoms with Gasteiger partial charge in [-0.25, -0.2) is 18.4 Å². The highest BCUT2D eigenvalue weighted by Gasteiger charge is 2.12. The normalized spacial score (nSPS) is 11.5. The summed E-state index contributed by atoms with van der Waals surface area (Å²) in [4.78, 5) is 7.37. The Bertz CT molecular complexity index is 363. The summed E-state index contributed by atoms with van der Waals surface area (Å²) >= 11 is 2.98. The molecule has 1 aromatic rings. The molecule has 0 unspecified atom stereocenters. The summed E-state index contributed by atoms with van der Waals surface area (Å²) in [6.07, 6.45) is 3.84. The Kier molecular flexibility index (Phi) is 2.24. The average molecular weight is 237 g/mol. The van der Waals surface area contributed by atoms with Crippen molar-refractivity contribution in [2.75, 3.05) is 6.26 Å². The number of nitrogens with zero attached hydrogens (tertiary/aromatic N) is 2. The van der Waals surface area contributed by atoms with Gasteiger partial charge >= 0.3 is 0 Å². The van der Waals surface area contributed by atoms with Crippen LogP contribution in [0.4, 0.5) is 0 Å². The maximum absolute atomic E-state index is 10.9. The second-order valence-corrected chi connectivity index (χ2v) is 4.61. The zero-order valence-electron chi connectivity index (χ0n) is 5.65. The van der Waals surface area contributed by atoms with E-state index < -0.39 is 9.84 Å². The Morgan fingerprint density at radius 3 is 2.27 bits per heavy atom. The second kappa shape index (κ2) is 2.86. The third kappa shape index (κ3) is 1.97. The molecule has 0 spiro atoms. The van der Waals surface area contributed by atoms with Crippen LogP contribution < -0.4 is 0 Å². The number of rotatable bonds is 1. The molecule has 60 valence electrons. The van der Waals surface area contributed by atoms with E-state index in [9.17, 15) is 8.42 Å². The SMILES string of the molecule is CS(=O)(=O)c1nccnc1Br. The number of sulfone groups is 1. The molecule has 0 aromatic carbocycles. The molecule has 11 heavy (non-hydrogen) atoms. The molecule has 0 amide bonds. The van der Waals surface area contributed by atoms with Gasteiger partial charge in [0, 0.05) is 18.6 Å². The summed E-state index contributed by atoms with van der Waals surface area (Å²) in [5.74, 6) is 0. The molecule has 0 radical (unpaired) electrons. The highest BCUT2D eigenvalue weighted by Crippen LogP contribution is 2.14. The monoisotopic (exact) mass is 236 g/mol. The first kappa shape index (κ1) is 8.61. The van der Waals surface area contributed by atoms with Crippen LogP contribution in [-0.2, 0) is 9.84 Å². The van der Waals surface area contributed by atoms with Crippen molar-refractivity contribution in [2.24, 2.45) is 0 Å². The van der Waals surface area contributed by atoms with E-state index in [1.807, 2.05) is 0 Å². The number of aromatic nitrogens is 2. The van der Waals surface area contributed by atoms with E-state index in [0.717, 1.165) is 6.26 Å². The van der Waals surface area contributed by atoms with Crippen molar-refractivity contribution in [1.29, 1.82) is 0 Å². The maximum Gasteiger partial charge on any atom is 0.195 e. The van der Waals surface area contributed by atoms with Gasteiger partial charge in [-0.15, -0.1) is 0 Å². The van der Waals surface area contributed by atoms with Crippen molar-refractivity contribution in [1.82, 2.24) is 9.97 Å². The lowest BCUT2D eigenvalue weighted by Crippen LogP contribution is -2.02. The Morgan fingerprint density at radius 1 is 1.36 bits per heavy atom. The molecule has 0 atom stereocenters. The molecule has 0 aliphatic carbocycles. The first-order valence-corrected chi connectivity index (χ1v) is 5.37. The van der Waals surface area contributed by atoms with Gasteiger partial charge in [-0.05, 0) is 15.9 Å². The van der Waals surface area contributed by atoms with Gasteiger partial charge in [-0.1, -0.05) is 0 Å². The molecule has 1 heterocycles. The standard InChI is InChI=1S/C5H5BrN2O2S/c1-11(9,10)5-4(6)7-2-3-8-5/h2-3H,1H3. The van der Waals surface area contributed by atoms with Crippen LogP contribution >= 0.6 is 15.9 Å². The third-order valence-electron chi connectivity index (χ3n) is 0.974. The Labute approximate surface area is 72.7 Å². The van der Waals surface area contributed by atoms with Crippen LogP contribution in [0.1, 0.15) is 0 Å². The van der Waals surface area contributed by atoms with Gasteiger partial charge in [-0.2, -0.15) is 0 Å². The van der Waals surface area contributed by atoms with Gasteiger partial charge in [0.15, 0.2) is 14.9 Å². The zero-order valence-corrected chi connectivity index (χ0v) is 8.05. The van der Waals surface area contributed by atoms with E-state index in [1.54, 1.807) is 0 Å². The smallest absolute Gasteiger partial charge is 0.195 e. The van der Waals surface area contributed by atoms with E-state index in [-0.39, 0.29) is 9.63 Å². The van der Waals surface area contributed by atoms with E-state index in [0.29, 0.717) is 0 Å². The first-order valence-electron chi connectivity index (χ1n) is 2.68. The minimum Gasteiger partial charge on any atom is -0.245 e. The molecule has 0 saturated heterocycles. The topological polar surface area (TPSA) is 59.9 Å². The van der Waals surface area contributed by atoms with E-state index in [4.69, 9.17) is 0 Å². The van der Waals surface area contributed by atoms with E-state index >= 15 is 0 Å². The average Bonchev–Trinajstić information content (AvgIpc) is 1.86. The van der Waals surface area contributed by atoms with Gasteiger partial charge in [-0.3, -0.25) is 0 Å². The molecular formula is C5H5BrN2O2S. The molecule has 0 bridgehead atoms. The summed E-state index contributed by atoms with van der Waals surface area (Å²) in [7, 11) is -3.25. The van der Waals surface area contributed by atoms with E-state index in [1.165, 1.54) is 12.4 Å². The largest absolute Gasteiger partial charge is 0.245 e. The highest BCUT2D eigenvalue weighted by atomic mass is 79.9. The Hall–Kier alpha value is -0.490. The fourth-order valence-corrected chi connectivity index (χ4v) is 2.27. The van der Waals surface area contributed by atoms with Crippen molar-refractivity contribution >= 4 is 25.8 Å². The van der Waals surface area contributed by atoms with Gasteiger partial charge in [0.2, 0.25) is 0 Å². The predicted molar refractivity (Wildman–Crippen MR) is 42.8 cm³/mol. The van der Waals surface area contributed by atoms with Crippen LogP contribution in [0.25, 0.3) is 0 Å². The molecule has 6 heteroatoms. The molecule has 4 nitrogen and oxygen atoms in total. The van der Waals surface area contributed by atoms with Crippen LogP contribution in [0.15, 0.2) is 22.0 Å². The number of halogens is 1. The van der Waals surface area contributed by atoms with Crippen LogP contribution in [-0.4, -0.2) is 24.6 Å². The molecule has 0 aliphatic heterocycles. The van der Waals surface area contributed by atoms with Crippen molar-refractivity contribution in [3.05, 3.63) is 17.0 Å². The fourth-order valence-electron chi connectivity index (χ4n) is 0.557. The summed E-state index contributed by atoms with van der Waals surface area (Å²) in [6.45, 7) is 0. The minimum absolute atomic E-state index is 0.0278. The lowest BCUT2D eigenvalue weighted by atomic mass is 10.8. The number of hydrogen-bond donors (Lipinski definition) is 0. The van der Waals surface area contributed by atoms with Crippen molar-refractivity contribution in [3.63, 3.8) is 0 Å². The summed E-state index contributed by atoms with van der Waals surface area (Å²) in [6, 6.07) is 0. The lowest BCUT2D eigenvalue weighted by molar-refractivity contribution is 0.596. The van der Waals surface area contributed by atoms with Crippen LogP contribution in [0, 0.1) is 0 Å². The van der Waals surface area contributed by atoms with E-state index in [2.05, 4.69) is 25.9 Å². The quantitative estimate of drug-likeness (QED) is 0.719. The minimum atomic E-state index is -3.25.